The molecule has 128 valence electrons. The van der Waals surface area contributed by atoms with E-state index >= 15 is 0 Å². The summed E-state index contributed by atoms with van der Waals surface area (Å²) in [6.07, 6.45) is 1.70. The summed E-state index contributed by atoms with van der Waals surface area (Å²) in [5, 5.41) is 6.21. The number of hydrogen-bond acceptors (Lipinski definition) is 6. The quantitative estimate of drug-likeness (QED) is 0.742. The molecular formula is C15H19N5O4. The number of hydrogen-bond donors (Lipinski definition) is 2. The van der Waals surface area contributed by atoms with Gasteiger partial charge in [0.2, 0.25) is 5.91 Å². The molecule has 2 N–H and O–H groups in total. The minimum Gasteiger partial charge on any atom is -0.378 e. The highest BCUT2D eigenvalue weighted by atomic mass is 16.5. The van der Waals surface area contributed by atoms with Gasteiger partial charge in [0.1, 0.15) is 5.65 Å². The molecule has 1 aliphatic heterocycles. The molecule has 2 aromatic heterocycles. The van der Waals surface area contributed by atoms with Crippen molar-refractivity contribution >= 4 is 22.6 Å². The lowest BCUT2D eigenvalue weighted by molar-refractivity contribution is -0.117. The lowest BCUT2D eigenvalue weighted by Crippen LogP contribution is -2.43. The predicted molar refractivity (Wildman–Crippen MR) is 88.1 cm³/mol. The molecule has 0 aromatic carbocycles. The monoisotopic (exact) mass is 333 g/mol. The van der Waals surface area contributed by atoms with Crippen molar-refractivity contribution in [1.29, 1.82) is 0 Å². The van der Waals surface area contributed by atoms with Gasteiger partial charge >= 0.3 is 5.69 Å². The average molecular weight is 333 g/mol. The molecule has 1 atom stereocenters. The first-order valence-corrected chi connectivity index (χ1v) is 7.64. The number of amides is 1. The van der Waals surface area contributed by atoms with Gasteiger partial charge in [-0.3, -0.25) is 18.7 Å². The summed E-state index contributed by atoms with van der Waals surface area (Å²) in [5.41, 5.74) is -0.192. The minimum atomic E-state index is -0.445. The Balaban J connectivity index is 1.84. The summed E-state index contributed by atoms with van der Waals surface area (Å²) in [4.78, 5) is 40.4. The number of fused-ring (bicyclic) bond motifs is 1. The molecule has 0 spiro atoms. The van der Waals surface area contributed by atoms with Crippen LogP contribution in [-0.2, 0) is 23.6 Å². The van der Waals surface area contributed by atoms with E-state index in [0.717, 1.165) is 11.1 Å². The molecule has 1 fully saturated rings. The highest BCUT2D eigenvalue weighted by Gasteiger charge is 2.17. The summed E-state index contributed by atoms with van der Waals surface area (Å²) in [6, 6.07) is 1.51. The van der Waals surface area contributed by atoms with Crippen LogP contribution < -0.4 is 21.9 Å². The van der Waals surface area contributed by atoms with Gasteiger partial charge < -0.3 is 15.4 Å². The van der Waals surface area contributed by atoms with Crippen molar-refractivity contribution in [1.82, 2.24) is 19.4 Å². The van der Waals surface area contributed by atoms with Gasteiger partial charge in [-0.05, 0) is 6.07 Å². The maximum absolute atomic E-state index is 12.2. The molecular weight excluding hydrogens is 314 g/mol. The molecule has 9 heteroatoms. The average Bonchev–Trinajstić information content (AvgIpc) is 2.59. The van der Waals surface area contributed by atoms with Crippen molar-refractivity contribution in [3.05, 3.63) is 33.1 Å². The van der Waals surface area contributed by atoms with Gasteiger partial charge in [-0.1, -0.05) is 0 Å². The maximum atomic E-state index is 12.2. The lowest BCUT2D eigenvalue weighted by Gasteiger charge is -2.23. The molecule has 1 unspecified atom stereocenters. The van der Waals surface area contributed by atoms with Gasteiger partial charge in [-0.2, -0.15) is 0 Å². The number of aryl methyl sites for hydroxylation is 1. The first kappa shape index (κ1) is 16.3. The van der Waals surface area contributed by atoms with Gasteiger partial charge in [-0.25, -0.2) is 9.78 Å². The Hall–Kier alpha value is -2.52. The van der Waals surface area contributed by atoms with Crippen LogP contribution in [0.15, 0.2) is 21.9 Å². The van der Waals surface area contributed by atoms with Gasteiger partial charge in [0.15, 0.2) is 0 Å². The third-order valence-corrected chi connectivity index (χ3v) is 4.01. The molecule has 1 saturated heterocycles. The molecule has 3 rings (SSSR count). The third kappa shape index (κ3) is 3.08. The van der Waals surface area contributed by atoms with Gasteiger partial charge in [-0.15, -0.1) is 0 Å². The third-order valence-electron chi connectivity index (χ3n) is 4.01. The Morgan fingerprint density at radius 3 is 2.92 bits per heavy atom. The number of pyridine rings is 1. The van der Waals surface area contributed by atoms with Crippen LogP contribution in [0, 0.1) is 0 Å². The standard InChI is InChI=1S/C15H19N5O4/c1-19-13-11(14(22)20(2)15(19)23)5-9(7-17-13)18-12(21)6-10-8-24-4-3-16-10/h5,7,10,16H,3-4,6,8H2,1-2H3,(H,18,21). The molecule has 0 radical (unpaired) electrons. The van der Waals surface area contributed by atoms with Crippen LogP contribution in [-0.4, -0.2) is 45.8 Å². The fraction of sp³-hybridized carbons (Fsp3) is 0.467. The smallest absolute Gasteiger partial charge is 0.332 e. The fourth-order valence-corrected chi connectivity index (χ4v) is 2.72. The van der Waals surface area contributed by atoms with Crippen molar-refractivity contribution in [2.45, 2.75) is 12.5 Å². The van der Waals surface area contributed by atoms with Crippen LogP contribution in [0.25, 0.3) is 11.0 Å². The number of anilines is 1. The maximum Gasteiger partial charge on any atom is 0.332 e. The fourth-order valence-electron chi connectivity index (χ4n) is 2.72. The molecule has 3 heterocycles. The van der Waals surface area contributed by atoms with Crippen LogP contribution in [0.4, 0.5) is 5.69 Å². The van der Waals surface area contributed by atoms with Crippen LogP contribution in [0.3, 0.4) is 0 Å². The Morgan fingerprint density at radius 2 is 2.21 bits per heavy atom. The van der Waals surface area contributed by atoms with Gasteiger partial charge in [0.05, 0.1) is 30.5 Å². The number of ether oxygens (including phenoxy) is 1. The van der Waals surface area contributed by atoms with E-state index in [2.05, 4.69) is 15.6 Å². The van der Waals surface area contributed by atoms with Crippen LogP contribution in [0.1, 0.15) is 6.42 Å². The molecule has 24 heavy (non-hydrogen) atoms. The summed E-state index contributed by atoms with van der Waals surface area (Å²) < 4.78 is 7.62. The summed E-state index contributed by atoms with van der Waals surface area (Å²) in [6.45, 7) is 1.86. The Labute approximate surface area is 137 Å². The Bertz CT molecular complexity index is 895. The van der Waals surface area contributed by atoms with Crippen molar-refractivity contribution in [2.24, 2.45) is 14.1 Å². The summed E-state index contributed by atoms with van der Waals surface area (Å²) >= 11 is 0. The summed E-state index contributed by atoms with van der Waals surface area (Å²) in [7, 11) is 2.95. The Kier molecular flexibility index (Phi) is 4.45. The lowest BCUT2D eigenvalue weighted by atomic mass is 10.2. The first-order chi connectivity index (χ1) is 11.5. The number of carbonyl (C=O) groups is 1. The Morgan fingerprint density at radius 1 is 1.42 bits per heavy atom. The zero-order chi connectivity index (χ0) is 17.3. The van der Waals surface area contributed by atoms with Crippen LogP contribution >= 0.6 is 0 Å². The zero-order valence-corrected chi connectivity index (χ0v) is 13.5. The normalized spacial score (nSPS) is 17.8. The SMILES string of the molecule is Cn1c(=O)c2cc(NC(=O)CC3COCCN3)cnc2n(C)c1=O. The number of nitrogens with one attached hydrogen (secondary N) is 2. The summed E-state index contributed by atoms with van der Waals surface area (Å²) in [5.74, 6) is -0.194. The second-order valence-electron chi connectivity index (χ2n) is 5.78. The molecule has 0 saturated carbocycles. The first-order valence-electron chi connectivity index (χ1n) is 7.64. The second-order valence-corrected chi connectivity index (χ2v) is 5.78. The molecule has 0 aliphatic carbocycles. The van der Waals surface area contributed by atoms with Crippen LogP contribution in [0.2, 0.25) is 0 Å². The van der Waals surface area contributed by atoms with Crippen molar-refractivity contribution in [3.8, 4) is 0 Å². The van der Waals surface area contributed by atoms with Crippen molar-refractivity contribution in [3.63, 3.8) is 0 Å². The van der Waals surface area contributed by atoms with Crippen molar-refractivity contribution in [2.75, 3.05) is 25.1 Å². The van der Waals surface area contributed by atoms with Crippen molar-refractivity contribution < 1.29 is 9.53 Å². The number of morpholine rings is 1. The van der Waals surface area contributed by atoms with E-state index in [0.29, 0.717) is 18.9 Å². The highest BCUT2D eigenvalue weighted by molar-refractivity contribution is 5.92. The molecule has 9 nitrogen and oxygen atoms in total. The molecule has 1 aliphatic rings. The van der Waals surface area contributed by atoms with E-state index in [1.54, 1.807) is 7.05 Å². The largest absolute Gasteiger partial charge is 0.378 e. The molecule has 0 bridgehead atoms. The van der Waals surface area contributed by atoms with Crippen LogP contribution in [0.5, 0.6) is 0 Å². The number of nitrogens with zero attached hydrogens (tertiary/aromatic N) is 3. The van der Waals surface area contributed by atoms with E-state index in [4.69, 9.17) is 4.74 Å². The van der Waals surface area contributed by atoms with E-state index in [9.17, 15) is 14.4 Å². The van der Waals surface area contributed by atoms with E-state index in [1.165, 1.54) is 23.9 Å². The minimum absolute atomic E-state index is 0.0270. The van der Waals surface area contributed by atoms with Gasteiger partial charge in [0.25, 0.3) is 5.56 Å². The topological polar surface area (TPSA) is 107 Å². The van der Waals surface area contributed by atoms with Gasteiger partial charge in [0, 0.05) is 33.1 Å². The number of rotatable bonds is 3. The number of carbonyl (C=O) groups excluding carboxylic acids is 1. The van der Waals surface area contributed by atoms with E-state index < -0.39 is 11.2 Å². The van der Waals surface area contributed by atoms with E-state index in [-0.39, 0.29) is 29.4 Å². The predicted octanol–water partition coefficient (Wildman–Crippen LogP) is -1.05. The highest BCUT2D eigenvalue weighted by Crippen LogP contribution is 2.12. The molecule has 1 amide bonds. The number of aromatic nitrogens is 3. The van der Waals surface area contributed by atoms with E-state index in [1.807, 2.05) is 0 Å². The second kappa shape index (κ2) is 6.54. The molecule has 2 aromatic rings. The zero-order valence-electron chi connectivity index (χ0n) is 13.5.